The number of Topliss-reactive ketones (excluding diaryl/α,β-unsaturated/α-hetero) is 1. The largest absolute Gasteiger partial charge is 0.508 e. The number of aromatic hydroxyl groups is 1. The summed E-state index contributed by atoms with van der Waals surface area (Å²) in [5, 5.41) is 32.2. The number of nitrogens with one attached hydrogen (secondary N) is 4. The molecule has 0 aromatic heterocycles. The molecule has 0 aliphatic carbocycles. The molecule has 0 saturated carbocycles. The maximum absolute atomic E-state index is 14.6. The van der Waals surface area contributed by atoms with Gasteiger partial charge in [-0.3, -0.25) is 33.8 Å². The van der Waals surface area contributed by atoms with Crippen molar-refractivity contribution in [1.29, 1.82) is 0 Å². The van der Waals surface area contributed by atoms with E-state index < -0.39 is 89.6 Å². The quantitative estimate of drug-likeness (QED) is 0.0934. The SMILES string of the molecule is CC[C@H]1C[C@H](C)[C@@]2(NC1=O)O[C@@H](C[C@H](O)[C@@H](C)CC/C=C/C=C(\C)[C@@H]1C/C=C/C=C/[C@@H]3O[C@@]4(C)CC[C@@H](C(=O)N[C@@H](C(C)C)C(=O)N[C@@H](Cc5cccc(O)c5)C(=O)N5CCC[C@H](N5)C(=O)O1)[C@H](O4)[C@H]3C)[C@H](C)C(=O)[C@@H]2C. The van der Waals surface area contributed by atoms with Gasteiger partial charge in [0.1, 0.15) is 35.8 Å². The van der Waals surface area contributed by atoms with Gasteiger partial charge in [0.25, 0.3) is 5.91 Å². The lowest BCUT2D eigenvalue weighted by atomic mass is 9.70. The van der Waals surface area contributed by atoms with Crippen LogP contribution in [0.5, 0.6) is 5.75 Å². The number of amides is 4. The maximum Gasteiger partial charge on any atom is 0.325 e. The van der Waals surface area contributed by atoms with E-state index in [0.29, 0.717) is 63.4 Å². The van der Waals surface area contributed by atoms with E-state index in [1.807, 2.05) is 112 Å². The normalized spacial score (nSPS) is 37.5. The van der Waals surface area contributed by atoms with Crippen molar-refractivity contribution in [3.8, 4) is 5.75 Å². The second kappa shape index (κ2) is 25.7. The Morgan fingerprint density at radius 3 is 2.45 bits per heavy atom. The highest BCUT2D eigenvalue weighted by atomic mass is 16.7. The number of rotatable bonds is 12. The monoisotopic (exact) mass is 1070 g/mol. The number of cyclic esters (lactones) is 1. The summed E-state index contributed by atoms with van der Waals surface area (Å²) >= 11 is 0. The van der Waals surface area contributed by atoms with E-state index >= 15 is 0 Å². The molecule has 17 atom stereocenters. The van der Waals surface area contributed by atoms with Crippen molar-refractivity contribution < 1.29 is 57.9 Å². The summed E-state index contributed by atoms with van der Waals surface area (Å²) in [6, 6.07) is 3.46. The average Bonchev–Trinajstić information content (AvgIpc) is 3.40. The lowest BCUT2D eigenvalue weighted by molar-refractivity contribution is -0.344. The molecule has 1 aromatic rings. The predicted octanol–water partition coefficient (Wildman–Crippen LogP) is 6.82. The first kappa shape index (κ1) is 59.5. The van der Waals surface area contributed by atoms with Gasteiger partial charge in [0.15, 0.2) is 11.5 Å². The van der Waals surface area contributed by atoms with Gasteiger partial charge in [0.05, 0.1) is 36.3 Å². The van der Waals surface area contributed by atoms with Gasteiger partial charge >= 0.3 is 5.97 Å². The summed E-state index contributed by atoms with van der Waals surface area (Å²) in [6.45, 7) is 19.4. The van der Waals surface area contributed by atoms with Crippen molar-refractivity contribution in [3.05, 3.63) is 77.9 Å². The fourth-order valence-corrected chi connectivity index (χ4v) is 12.2. The molecule has 77 heavy (non-hydrogen) atoms. The Hall–Kier alpha value is -5.20. The predicted molar refractivity (Wildman–Crippen MR) is 290 cm³/mol. The van der Waals surface area contributed by atoms with Crippen molar-refractivity contribution in [2.75, 3.05) is 6.54 Å². The summed E-state index contributed by atoms with van der Waals surface area (Å²) in [6.07, 6.45) is 15.7. The molecule has 1 aromatic carbocycles. The Balaban J connectivity index is 1.07. The molecular formula is C60H87N5O12. The smallest absolute Gasteiger partial charge is 0.325 e. The molecule has 6 aliphatic rings. The number of hydrogen-bond donors (Lipinski definition) is 6. The number of fused-ring (bicyclic) bond motifs is 4. The van der Waals surface area contributed by atoms with Crippen LogP contribution in [-0.4, -0.2) is 117 Å². The van der Waals surface area contributed by atoms with Gasteiger partial charge in [-0.05, 0) is 93.9 Å². The summed E-state index contributed by atoms with van der Waals surface area (Å²) in [5.74, 6) is -5.24. The molecule has 6 heterocycles. The van der Waals surface area contributed by atoms with Crippen LogP contribution in [0.3, 0.4) is 0 Å². The molecule has 17 heteroatoms. The van der Waals surface area contributed by atoms with E-state index in [4.69, 9.17) is 18.9 Å². The molecule has 424 valence electrons. The number of hydrazine groups is 1. The maximum atomic E-state index is 14.6. The van der Waals surface area contributed by atoms with Gasteiger partial charge < -0.3 is 45.1 Å². The zero-order chi connectivity index (χ0) is 55.9. The Labute approximate surface area is 455 Å². The second-order valence-electron chi connectivity index (χ2n) is 23.5. The van der Waals surface area contributed by atoms with Gasteiger partial charge in [-0.1, -0.05) is 110 Å². The highest BCUT2D eigenvalue weighted by Crippen LogP contribution is 2.46. The van der Waals surface area contributed by atoms with E-state index in [1.54, 1.807) is 12.1 Å². The minimum Gasteiger partial charge on any atom is -0.508 e. The minimum absolute atomic E-state index is 0.00287. The number of allylic oxidation sites excluding steroid dienone is 5. The van der Waals surface area contributed by atoms with Gasteiger partial charge in [0.2, 0.25) is 17.7 Å². The van der Waals surface area contributed by atoms with Crippen molar-refractivity contribution in [3.63, 3.8) is 0 Å². The molecule has 1 spiro atoms. The number of piperidine rings is 1. The lowest BCUT2D eigenvalue weighted by Crippen LogP contribution is -2.70. The first-order valence-electron chi connectivity index (χ1n) is 28.4. The van der Waals surface area contributed by atoms with E-state index in [1.165, 1.54) is 17.1 Å². The zero-order valence-electron chi connectivity index (χ0n) is 47.0. The average molecular weight is 1070 g/mol. The summed E-state index contributed by atoms with van der Waals surface area (Å²) < 4.78 is 25.9. The first-order valence-corrected chi connectivity index (χ1v) is 28.4. The molecule has 7 rings (SSSR count). The Bertz CT molecular complexity index is 2420. The number of aliphatic hydroxyl groups is 1. The molecule has 17 nitrogen and oxygen atoms in total. The van der Waals surface area contributed by atoms with Crippen LogP contribution in [0.15, 0.2) is 72.4 Å². The first-order chi connectivity index (χ1) is 36.5. The molecule has 0 unspecified atom stereocenters. The number of aliphatic hydroxyl groups excluding tert-OH is 1. The third kappa shape index (κ3) is 14.0. The molecule has 5 fully saturated rings. The second-order valence-corrected chi connectivity index (χ2v) is 23.5. The summed E-state index contributed by atoms with van der Waals surface area (Å²) in [7, 11) is 0. The molecule has 6 aliphatic heterocycles. The van der Waals surface area contributed by atoms with Crippen LogP contribution in [0.1, 0.15) is 139 Å². The van der Waals surface area contributed by atoms with Gasteiger partial charge in [-0.15, -0.1) is 0 Å². The third-order valence-corrected chi connectivity index (χ3v) is 17.5. The van der Waals surface area contributed by atoms with E-state index in [2.05, 4.69) is 21.4 Å². The number of hydrogen-bond acceptors (Lipinski definition) is 13. The van der Waals surface area contributed by atoms with E-state index in [-0.39, 0.29) is 78.4 Å². The van der Waals surface area contributed by atoms with E-state index in [0.717, 1.165) is 5.57 Å². The molecule has 4 amide bonds. The highest BCUT2D eigenvalue weighted by molar-refractivity contribution is 5.93. The van der Waals surface area contributed by atoms with Crippen LogP contribution in [0, 0.1) is 47.3 Å². The van der Waals surface area contributed by atoms with Crippen molar-refractivity contribution in [2.24, 2.45) is 47.3 Å². The molecule has 0 radical (unpaired) electrons. The molecule has 6 N–H and O–H groups in total. The van der Waals surface area contributed by atoms with Crippen LogP contribution in [-0.2, 0) is 54.1 Å². The van der Waals surface area contributed by atoms with Crippen LogP contribution >= 0.6 is 0 Å². The minimum atomic E-state index is -1.13. The van der Waals surface area contributed by atoms with Gasteiger partial charge in [0, 0.05) is 55.9 Å². The Morgan fingerprint density at radius 1 is 0.961 bits per heavy atom. The number of esters is 1. The number of ketones is 1. The van der Waals surface area contributed by atoms with Crippen LogP contribution in [0.4, 0.5) is 0 Å². The van der Waals surface area contributed by atoms with Crippen molar-refractivity contribution >= 4 is 35.4 Å². The van der Waals surface area contributed by atoms with Gasteiger partial charge in [-0.2, -0.15) is 0 Å². The number of benzene rings is 1. The number of ether oxygens (including phenoxy) is 4. The third-order valence-electron chi connectivity index (χ3n) is 17.5. The fourth-order valence-electron chi connectivity index (χ4n) is 12.2. The van der Waals surface area contributed by atoms with Crippen LogP contribution in [0.25, 0.3) is 0 Å². The topological polar surface area (TPSA) is 231 Å². The van der Waals surface area contributed by atoms with Crippen molar-refractivity contribution in [1.82, 2.24) is 26.4 Å². The number of carbonyl (C=O) groups excluding carboxylic acids is 6. The number of carbonyl (C=O) groups is 6. The molecular weight excluding hydrogens is 983 g/mol. The highest BCUT2D eigenvalue weighted by Gasteiger charge is 2.57. The van der Waals surface area contributed by atoms with Crippen molar-refractivity contribution in [2.45, 2.75) is 200 Å². The van der Waals surface area contributed by atoms with E-state index in [9.17, 15) is 39.0 Å². The number of nitrogens with zero attached hydrogens (tertiary/aromatic N) is 1. The zero-order valence-corrected chi connectivity index (χ0v) is 47.0. The standard InChI is InChI=1S/C60H87N5O12/c1-11-42-30-37(6)60(63-54(42)69)40(9)52(68)38(7)50(76-60)33-47(67)35(4)20-14-12-15-21-36(5)48-25-16-13-17-26-49-39(8)53-44(27-28-59(10,75-49)77-53)55(70)62-51(34(2)3)56(71)61-46(32-41-22-18-23-43(66)31-41)57(72)65-29-19-24-45(64-65)58(73)74-48/h12-13,15-18,21-23,26,31,34-35,37-40,42,44-51,53,64,66-67H,11,14,19-20,24-25,27-30,32-33H2,1-10H3,(H,61,71)(H,62,70)(H,63,69)/b15-12+,16-13+,26-17+,36-21+/t35-,37-,38-,39-,40-,42-,44+,45-,46-,47-,48-,49-,50-,51-,53+,59+,60+/m0/s1. The fraction of sp³-hybridized carbons (Fsp3) is 0.667. The lowest BCUT2D eigenvalue weighted by Gasteiger charge is -2.54. The van der Waals surface area contributed by atoms with Gasteiger partial charge in [-0.25, -0.2) is 5.43 Å². The number of phenolic OH excluding ortho intramolecular Hbond substituents is 1. The van der Waals surface area contributed by atoms with Crippen LogP contribution < -0.4 is 21.4 Å². The summed E-state index contributed by atoms with van der Waals surface area (Å²) in [5.41, 5.74) is 3.38. The summed E-state index contributed by atoms with van der Waals surface area (Å²) in [4.78, 5) is 84.0. The van der Waals surface area contributed by atoms with Crippen LogP contribution in [0.2, 0.25) is 0 Å². The Morgan fingerprint density at radius 2 is 1.73 bits per heavy atom. The Kier molecular flexibility index (Phi) is 19.9. The molecule has 5 saturated heterocycles. The number of phenols is 1. The molecule has 5 bridgehead atoms.